The molecule has 2 aromatic carbocycles. The van der Waals surface area contributed by atoms with Crippen molar-refractivity contribution in [3.05, 3.63) is 71.0 Å². The van der Waals surface area contributed by atoms with Gasteiger partial charge in [0, 0.05) is 5.92 Å². The molecule has 33 heavy (non-hydrogen) atoms. The molecule has 0 bridgehead atoms. The number of methoxy groups -OCH3 is 1. The van der Waals surface area contributed by atoms with E-state index in [4.69, 9.17) is 4.74 Å². The van der Waals surface area contributed by atoms with Gasteiger partial charge in [0.2, 0.25) is 5.67 Å². The van der Waals surface area contributed by atoms with Crippen molar-refractivity contribution in [2.45, 2.75) is 63.0 Å². The summed E-state index contributed by atoms with van der Waals surface area (Å²) in [6.07, 6.45) is 9.77. The highest BCUT2D eigenvalue weighted by atomic mass is 19.1. The first-order valence-corrected chi connectivity index (χ1v) is 11.8. The van der Waals surface area contributed by atoms with E-state index in [9.17, 15) is 14.3 Å². The SMILES string of the molecule is COc1ccc(F)c(C2CCC(/C=C/c3cccc([C@H](C4CC4)[C@](C)(F)C(=O)O)c3)CC2)c1. The highest BCUT2D eigenvalue weighted by Gasteiger charge is 2.50. The third-order valence-electron chi connectivity index (χ3n) is 7.34. The van der Waals surface area contributed by atoms with Crippen LogP contribution in [0.1, 0.15) is 74.0 Å². The second-order valence-corrected chi connectivity index (χ2v) is 9.72. The molecule has 2 aliphatic carbocycles. The predicted octanol–water partition coefficient (Wildman–Crippen LogP) is 7.13. The van der Waals surface area contributed by atoms with Crippen molar-refractivity contribution in [3.63, 3.8) is 0 Å². The molecule has 2 aliphatic rings. The van der Waals surface area contributed by atoms with Crippen molar-refractivity contribution in [1.29, 1.82) is 0 Å². The zero-order valence-corrected chi connectivity index (χ0v) is 19.3. The molecule has 2 saturated carbocycles. The number of allylic oxidation sites excluding steroid dienone is 1. The molecule has 0 saturated heterocycles. The summed E-state index contributed by atoms with van der Waals surface area (Å²) in [5.41, 5.74) is 0.171. The van der Waals surface area contributed by atoms with Crippen LogP contribution in [0.15, 0.2) is 48.5 Å². The van der Waals surface area contributed by atoms with Gasteiger partial charge in [0.25, 0.3) is 0 Å². The van der Waals surface area contributed by atoms with Gasteiger partial charge in [-0.1, -0.05) is 36.4 Å². The summed E-state index contributed by atoms with van der Waals surface area (Å²) >= 11 is 0. The monoisotopic (exact) mass is 454 g/mol. The molecule has 0 amide bonds. The summed E-state index contributed by atoms with van der Waals surface area (Å²) in [6, 6.07) is 12.6. The van der Waals surface area contributed by atoms with Gasteiger partial charge >= 0.3 is 5.97 Å². The van der Waals surface area contributed by atoms with Crippen LogP contribution in [0.2, 0.25) is 0 Å². The number of hydrogen-bond acceptors (Lipinski definition) is 2. The smallest absolute Gasteiger partial charge is 0.341 e. The lowest BCUT2D eigenvalue weighted by molar-refractivity contribution is -0.151. The molecule has 3 nitrogen and oxygen atoms in total. The van der Waals surface area contributed by atoms with Crippen molar-refractivity contribution in [1.82, 2.24) is 0 Å². The van der Waals surface area contributed by atoms with Gasteiger partial charge in [-0.15, -0.1) is 0 Å². The number of rotatable bonds is 8. The largest absolute Gasteiger partial charge is 0.497 e. The molecular formula is C28H32F2O3. The number of alkyl halides is 1. The first-order chi connectivity index (χ1) is 15.8. The van der Waals surface area contributed by atoms with E-state index < -0.39 is 17.6 Å². The Morgan fingerprint density at radius 2 is 1.85 bits per heavy atom. The summed E-state index contributed by atoms with van der Waals surface area (Å²) in [6.45, 7) is 1.18. The fraction of sp³-hybridized carbons (Fsp3) is 0.464. The highest BCUT2D eigenvalue weighted by molar-refractivity contribution is 5.78. The molecule has 0 spiro atoms. The summed E-state index contributed by atoms with van der Waals surface area (Å²) in [5.74, 6) is -0.819. The van der Waals surface area contributed by atoms with Crippen molar-refractivity contribution in [3.8, 4) is 5.75 Å². The lowest BCUT2D eigenvalue weighted by Crippen LogP contribution is -2.38. The van der Waals surface area contributed by atoms with E-state index in [1.54, 1.807) is 13.2 Å². The van der Waals surface area contributed by atoms with Crippen LogP contribution < -0.4 is 4.74 Å². The van der Waals surface area contributed by atoms with E-state index in [0.29, 0.717) is 11.7 Å². The van der Waals surface area contributed by atoms with Gasteiger partial charge in [-0.05, 0) is 98.1 Å². The topological polar surface area (TPSA) is 46.5 Å². The van der Waals surface area contributed by atoms with Crippen LogP contribution in [-0.4, -0.2) is 23.9 Å². The van der Waals surface area contributed by atoms with Gasteiger partial charge in [-0.25, -0.2) is 13.6 Å². The molecule has 1 N–H and O–H groups in total. The fourth-order valence-electron chi connectivity index (χ4n) is 5.28. The summed E-state index contributed by atoms with van der Waals surface area (Å²) in [5, 5.41) is 9.42. The first-order valence-electron chi connectivity index (χ1n) is 11.8. The summed E-state index contributed by atoms with van der Waals surface area (Å²) in [7, 11) is 1.59. The number of benzene rings is 2. The maximum atomic E-state index is 15.1. The molecular weight excluding hydrogens is 422 g/mol. The summed E-state index contributed by atoms with van der Waals surface area (Å²) in [4.78, 5) is 11.6. The van der Waals surface area contributed by atoms with Gasteiger partial charge in [0.1, 0.15) is 11.6 Å². The van der Waals surface area contributed by atoms with Gasteiger partial charge in [0.05, 0.1) is 7.11 Å². The van der Waals surface area contributed by atoms with Crippen molar-refractivity contribution in [2.24, 2.45) is 11.8 Å². The zero-order chi connectivity index (χ0) is 23.6. The minimum absolute atomic E-state index is 0.0858. The molecule has 2 aromatic rings. The third kappa shape index (κ3) is 5.29. The Hall–Kier alpha value is -2.69. The van der Waals surface area contributed by atoms with E-state index in [1.807, 2.05) is 30.3 Å². The molecule has 0 unspecified atom stereocenters. The van der Waals surface area contributed by atoms with Gasteiger partial charge < -0.3 is 9.84 Å². The normalized spacial score (nSPS) is 23.8. The fourth-order valence-corrected chi connectivity index (χ4v) is 5.28. The Morgan fingerprint density at radius 3 is 2.48 bits per heavy atom. The predicted molar refractivity (Wildman–Crippen MR) is 126 cm³/mol. The van der Waals surface area contributed by atoms with Crippen LogP contribution in [0.4, 0.5) is 8.78 Å². The number of ether oxygens (including phenoxy) is 1. The standard InChI is InChI=1S/C28H32F2O3/c1-28(30,27(31)32)26(21-12-13-21)22-5-3-4-19(16-22)7-6-18-8-10-20(11-9-18)24-17-23(33-2)14-15-25(24)29/h3-7,14-18,20-21,26H,8-13H2,1-2H3,(H,31,32)/b7-6+/t18?,20?,26-,28-/m0/s1. The van der Waals surface area contributed by atoms with Crippen molar-refractivity contribution in [2.75, 3.05) is 7.11 Å². The molecule has 176 valence electrons. The number of carbonyl (C=O) groups is 1. The number of hydrogen-bond donors (Lipinski definition) is 1. The Kier molecular flexibility index (Phi) is 6.87. The van der Waals surface area contributed by atoms with Crippen LogP contribution in [0.5, 0.6) is 5.75 Å². The number of carboxylic acid groups (broad SMARTS) is 1. The van der Waals surface area contributed by atoms with E-state index in [-0.39, 0.29) is 17.7 Å². The average Bonchev–Trinajstić information content (AvgIpc) is 3.63. The Bertz CT molecular complexity index is 1020. The Balaban J connectivity index is 1.42. The Labute approximate surface area is 194 Å². The maximum Gasteiger partial charge on any atom is 0.341 e. The second-order valence-electron chi connectivity index (χ2n) is 9.72. The summed E-state index contributed by atoms with van der Waals surface area (Å²) < 4.78 is 34.6. The quantitative estimate of drug-likeness (QED) is 0.462. The van der Waals surface area contributed by atoms with Crippen LogP contribution in [-0.2, 0) is 4.79 Å². The van der Waals surface area contributed by atoms with Crippen molar-refractivity contribution < 1.29 is 23.4 Å². The maximum absolute atomic E-state index is 15.1. The van der Waals surface area contributed by atoms with Gasteiger partial charge in [0.15, 0.2) is 0 Å². The van der Waals surface area contributed by atoms with Crippen LogP contribution >= 0.6 is 0 Å². The number of halogens is 2. The molecule has 0 radical (unpaired) electrons. The third-order valence-corrected chi connectivity index (χ3v) is 7.34. The average molecular weight is 455 g/mol. The van der Waals surface area contributed by atoms with Crippen LogP contribution in [0.25, 0.3) is 6.08 Å². The first kappa shape index (κ1) is 23.5. The molecule has 0 aliphatic heterocycles. The molecule has 5 heteroatoms. The number of aliphatic carboxylic acids is 1. The van der Waals surface area contributed by atoms with E-state index in [2.05, 4.69) is 12.2 Å². The van der Waals surface area contributed by atoms with Crippen LogP contribution in [0, 0.1) is 17.7 Å². The molecule has 2 fully saturated rings. The van der Waals surface area contributed by atoms with Crippen LogP contribution in [0.3, 0.4) is 0 Å². The lowest BCUT2D eigenvalue weighted by Gasteiger charge is -2.28. The van der Waals surface area contributed by atoms with Crippen molar-refractivity contribution >= 4 is 12.0 Å². The highest BCUT2D eigenvalue weighted by Crippen LogP contribution is 2.50. The van der Waals surface area contributed by atoms with E-state index >= 15 is 4.39 Å². The van der Waals surface area contributed by atoms with Gasteiger partial charge in [-0.3, -0.25) is 0 Å². The Morgan fingerprint density at radius 1 is 1.12 bits per heavy atom. The minimum Gasteiger partial charge on any atom is -0.497 e. The number of carboxylic acids is 1. The molecule has 4 rings (SSSR count). The minimum atomic E-state index is -2.28. The molecule has 0 aromatic heterocycles. The van der Waals surface area contributed by atoms with E-state index in [0.717, 1.165) is 55.2 Å². The van der Waals surface area contributed by atoms with E-state index in [1.165, 1.54) is 13.0 Å². The zero-order valence-electron chi connectivity index (χ0n) is 19.3. The molecule has 0 heterocycles. The molecule has 2 atom stereocenters. The lowest BCUT2D eigenvalue weighted by atomic mass is 9.78. The second kappa shape index (κ2) is 9.66. The van der Waals surface area contributed by atoms with Gasteiger partial charge in [-0.2, -0.15) is 0 Å².